The van der Waals surface area contributed by atoms with Gasteiger partial charge in [0, 0.05) is 11.3 Å². The van der Waals surface area contributed by atoms with Gasteiger partial charge in [-0.2, -0.15) is 5.10 Å². The molecular formula is C17H19N3O3. The van der Waals surface area contributed by atoms with Crippen molar-refractivity contribution in [3.8, 4) is 11.5 Å². The molecule has 0 atom stereocenters. The summed E-state index contributed by atoms with van der Waals surface area (Å²) in [5.74, 6) is 1.15. The third kappa shape index (κ3) is 4.23. The van der Waals surface area contributed by atoms with E-state index in [4.69, 9.17) is 9.47 Å². The first kappa shape index (κ1) is 16.4. The molecule has 120 valence electrons. The average molecular weight is 313 g/mol. The Morgan fingerprint density at radius 2 is 1.87 bits per heavy atom. The third-order valence-corrected chi connectivity index (χ3v) is 3.20. The van der Waals surface area contributed by atoms with E-state index in [1.165, 1.54) is 6.21 Å². The summed E-state index contributed by atoms with van der Waals surface area (Å²) in [5.41, 5.74) is 4.82. The van der Waals surface area contributed by atoms with Crippen molar-refractivity contribution in [2.24, 2.45) is 5.10 Å². The van der Waals surface area contributed by atoms with Crippen molar-refractivity contribution in [3.05, 3.63) is 53.6 Å². The van der Waals surface area contributed by atoms with Gasteiger partial charge in [-0.3, -0.25) is 0 Å². The summed E-state index contributed by atoms with van der Waals surface area (Å²) in [6, 6.07) is 12.5. The highest BCUT2D eigenvalue weighted by molar-refractivity contribution is 5.91. The Bertz CT molecular complexity index is 714. The molecule has 2 aromatic carbocycles. The third-order valence-electron chi connectivity index (χ3n) is 3.20. The van der Waals surface area contributed by atoms with E-state index in [1.54, 1.807) is 20.3 Å². The molecule has 6 nitrogen and oxygen atoms in total. The van der Waals surface area contributed by atoms with Gasteiger partial charge in [-0.1, -0.05) is 24.3 Å². The van der Waals surface area contributed by atoms with Gasteiger partial charge in [0.2, 0.25) is 0 Å². The molecule has 23 heavy (non-hydrogen) atoms. The number of urea groups is 1. The minimum atomic E-state index is -0.419. The van der Waals surface area contributed by atoms with Crippen molar-refractivity contribution < 1.29 is 14.3 Å². The highest BCUT2D eigenvalue weighted by Gasteiger charge is 2.07. The van der Waals surface area contributed by atoms with Crippen molar-refractivity contribution in [1.29, 1.82) is 0 Å². The topological polar surface area (TPSA) is 72.0 Å². The normalized spacial score (nSPS) is 10.4. The van der Waals surface area contributed by atoms with E-state index >= 15 is 0 Å². The molecular weight excluding hydrogens is 294 g/mol. The molecule has 0 unspecified atom stereocenters. The first-order chi connectivity index (χ1) is 11.2. The summed E-state index contributed by atoms with van der Waals surface area (Å²) in [5, 5.41) is 6.66. The predicted octanol–water partition coefficient (Wildman–Crippen LogP) is 3.17. The maximum absolute atomic E-state index is 11.8. The van der Waals surface area contributed by atoms with Crippen LogP contribution in [-0.4, -0.2) is 26.5 Å². The summed E-state index contributed by atoms with van der Waals surface area (Å²) in [6.07, 6.45) is 1.50. The minimum Gasteiger partial charge on any atom is -0.493 e. The molecule has 6 heteroatoms. The molecule has 0 saturated carbocycles. The summed E-state index contributed by atoms with van der Waals surface area (Å²) in [6.45, 7) is 1.92. The number of methoxy groups -OCH3 is 2. The summed E-state index contributed by atoms with van der Waals surface area (Å²) in [7, 11) is 3.11. The fourth-order valence-corrected chi connectivity index (χ4v) is 2.04. The number of aryl methyl sites for hydroxylation is 1. The zero-order valence-corrected chi connectivity index (χ0v) is 13.3. The molecule has 0 spiro atoms. The van der Waals surface area contributed by atoms with Gasteiger partial charge in [-0.25, -0.2) is 10.2 Å². The predicted molar refractivity (Wildman–Crippen MR) is 90.5 cm³/mol. The lowest BCUT2D eigenvalue weighted by molar-refractivity contribution is 0.252. The zero-order valence-electron chi connectivity index (χ0n) is 13.3. The minimum absolute atomic E-state index is 0.419. The van der Waals surface area contributed by atoms with E-state index in [0.29, 0.717) is 17.1 Å². The summed E-state index contributed by atoms with van der Waals surface area (Å²) in [4.78, 5) is 11.8. The van der Waals surface area contributed by atoms with Crippen LogP contribution in [0.15, 0.2) is 47.6 Å². The number of benzene rings is 2. The molecule has 0 saturated heterocycles. The van der Waals surface area contributed by atoms with Crippen LogP contribution >= 0.6 is 0 Å². The van der Waals surface area contributed by atoms with Crippen LogP contribution in [0.2, 0.25) is 0 Å². The number of carbonyl (C=O) groups excluding carboxylic acids is 1. The van der Waals surface area contributed by atoms with E-state index in [1.807, 2.05) is 43.3 Å². The Kier molecular flexibility index (Phi) is 5.57. The van der Waals surface area contributed by atoms with Gasteiger partial charge >= 0.3 is 6.03 Å². The van der Waals surface area contributed by atoms with Crippen molar-refractivity contribution >= 4 is 17.9 Å². The molecule has 0 heterocycles. The molecule has 0 aliphatic rings. The number of rotatable bonds is 5. The number of nitrogens with zero attached hydrogens (tertiary/aromatic N) is 1. The number of hydrogen-bond acceptors (Lipinski definition) is 4. The van der Waals surface area contributed by atoms with Gasteiger partial charge in [0.1, 0.15) is 0 Å². The van der Waals surface area contributed by atoms with E-state index in [0.717, 1.165) is 11.3 Å². The lowest BCUT2D eigenvalue weighted by Crippen LogP contribution is -2.24. The van der Waals surface area contributed by atoms with E-state index in [9.17, 15) is 4.79 Å². The number of anilines is 1. The first-order valence-corrected chi connectivity index (χ1v) is 7.02. The second kappa shape index (κ2) is 7.84. The van der Waals surface area contributed by atoms with Crippen LogP contribution in [0.1, 0.15) is 11.1 Å². The second-order valence-electron chi connectivity index (χ2n) is 4.72. The number of carbonyl (C=O) groups is 1. The van der Waals surface area contributed by atoms with Crippen molar-refractivity contribution in [1.82, 2.24) is 5.43 Å². The van der Waals surface area contributed by atoms with E-state index in [-0.39, 0.29) is 0 Å². The van der Waals surface area contributed by atoms with E-state index < -0.39 is 6.03 Å². The number of hydrazone groups is 1. The molecule has 2 rings (SSSR count). The Morgan fingerprint density at radius 1 is 1.09 bits per heavy atom. The lowest BCUT2D eigenvalue weighted by atomic mass is 10.2. The average Bonchev–Trinajstić information content (AvgIpc) is 2.56. The fraction of sp³-hybridized carbons (Fsp3) is 0.176. The Morgan fingerprint density at radius 3 is 2.57 bits per heavy atom. The highest BCUT2D eigenvalue weighted by atomic mass is 16.5. The molecule has 2 aromatic rings. The number of hydrogen-bond donors (Lipinski definition) is 2. The molecule has 2 amide bonds. The quantitative estimate of drug-likeness (QED) is 0.658. The number of para-hydroxylation sites is 2. The van der Waals surface area contributed by atoms with E-state index in [2.05, 4.69) is 15.8 Å². The van der Waals surface area contributed by atoms with Gasteiger partial charge in [0.05, 0.1) is 20.4 Å². The molecule has 0 radical (unpaired) electrons. The molecule has 0 aromatic heterocycles. The van der Waals surface area contributed by atoms with Crippen molar-refractivity contribution in [2.45, 2.75) is 6.92 Å². The van der Waals surface area contributed by atoms with Crippen molar-refractivity contribution in [2.75, 3.05) is 19.5 Å². The molecule has 0 fully saturated rings. The number of nitrogens with one attached hydrogen (secondary N) is 2. The summed E-state index contributed by atoms with van der Waals surface area (Å²) >= 11 is 0. The number of ether oxygens (including phenoxy) is 2. The van der Waals surface area contributed by atoms with Crippen LogP contribution in [0, 0.1) is 6.92 Å². The Hall–Kier alpha value is -3.02. The molecule has 2 N–H and O–H groups in total. The summed E-state index contributed by atoms with van der Waals surface area (Å²) < 4.78 is 10.5. The van der Waals surface area contributed by atoms with Crippen LogP contribution in [0.3, 0.4) is 0 Å². The Labute approximate surface area is 135 Å². The Balaban J connectivity index is 2.02. The number of amides is 2. The monoisotopic (exact) mass is 313 g/mol. The highest BCUT2D eigenvalue weighted by Crippen LogP contribution is 2.29. The maximum Gasteiger partial charge on any atom is 0.339 e. The van der Waals surface area contributed by atoms with Gasteiger partial charge in [0.15, 0.2) is 11.5 Å². The van der Waals surface area contributed by atoms with Crippen LogP contribution < -0.4 is 20.2 Å². The van der Waals surface area contributed by atoms with Crippen LogP contribution in [0.5, 0.6) is 11.5 Å². The zero-order chi connectivity index (χ0) is 16.7. The van der Waals surface area contributed by atoms with Gasteiger partial charge in [-0.15, -0.1) is 0 Å². The van der Waals surface area contributed by atoms with Gasteiger partial charge in [0.25, 0.3) is 0 Å². The van der Waals surface area contributed by atoms with Crippen LogP contribution in [-0.2, 0) is 0 Å². The maximum atomic E-state index is 11.8. The van der Waals surface area contributed by atoms with Gasteiger partial charge < -0.3 is 14.8 Å². The SMILES string of the molecule is COc1cccc(/C=N\NC(=O)Nc2ccccc2C)c1OC. The molecule has 0 bridgehead atoms. The van der Waals surface area contributed by atoms with Crippen LogP contribution in [0.4, 0.5) is 10.5 Å². The lowest BCUT2D eigenvalue weighted by Gasteiger charge is -2.09. The molecule has 0 aliphatic carbocycles. The van der Waals surface area contributed by atoms with Gasteiger partial charge in [-0.05, 0) is 30.7 Å². The largest absolute Gasteiger partial charge is 0.493 e. The standard InChI is InChI=1S/C17H19N3O3/c1-12-7-4-5-9-14(12)19-17(21)20-18-11-13-8-6-10-15(22-2)16(13)23-3/h4-11H,1-3H3,(H2,19,20,21)/b18-11-. The van der Waals surface area contributed by atoms with Crippen molar-refractivity contribution in [3.63, 3.8) is 0 Å². The molecule has 0 aliphatic heterocycles. The van der Waals surface area contributed by atoms with Crippen LogP contribution in [0.25, 0.3) is 0 Å². The second-order valence-corrected chi connectivity index (χ2v) is 4.72. The fourth-order valence-electron chi connectivity index (χ4n) is 2.04. The smallest absolute Gasteiger partial charge is 0.339 e. The first-order valence-electron chi connectivity index (χ1n) is 7.02.